The van der Waals surface area contributed by atoms with E-state index in [0.29, 0.717) is 6.54 Å². The third kappa shape index (κ3) is 3.75. The maximum absolute atomic E-state index is 11.9. The molecule has 2 N–H and O–H groups in total. The van der Waals surface area contributed by atoms with E-state index in [1.54, 1.807) is 0 Å². The van der Waals surface area contributed by atoms with Gasteiger partial charge in [0.15, 0.2) is 0 Å². The molecular weight excluding hydrogens is 244 g/mol. The zero-order chi connectivity index (χ0) is 12.8. The first kappa shape index (κ1) is 13.4. The van der Waals surface area contributed by atoms with Crippen LogP contribution in [0.3, 0.4) is 0 Å². The molecule has 1 aliphatic heterocycles. The van der Waals surface area contributed by atoms with E-state index in [4.69, 9.17) is 0 Å². The Labute approximate surface area is 113 Å². The minimum absolute atomic E-state index is 0.0290. The van der Waals surface area contributed by atoms with E-state index in [2.05, 4.69) is 41.8 Å². The van der Waals surface area contributed by atoms with Crippen LogP contribution in [0.4, 0.5) is 0 Å². The molecule has 1 aliphatic rings. The van der Waals surface area contributed by atoms with Crippen molar-refractivity contribution in [2.75, 3.05) is 18.1 Å². The zero-order valence-electron chi connectivity index (χ0n) is 10.7. The highest BCUT2D eigenvalue weighted by Crippen LogP contribution is 2.08. The van der Waals surface area contributed by atoms with E-state index in [9.17, 15) is 4.79 Å². The Morgan fingerprint density at radius 3 is 2.72 bits per heavy atom. The van der Waals surface area contributed by atoms with Crippen LogP contribution in [-0.2, 0) is 17.8 Å². The second-order valence-electron chi connectivity index (χ2n) is 4.47. The molecule has 3 nitrogen and oxygen atoms in total. The summed E-state index contributed by atoms with van der Waals surface area (Å²) in [6.07, 6.45) is 1.05. The van der Waals surface area contributed by atoms with Crippen molar-refractivity contribution in [3.63, 3.8) is 0 Å². The molecule has 0 aromatic heterocycles. The topological polar surface area (TPSA) is 41.1 Å². The van der Waals surface area contributed by atoms with Crippen molar-refractivity contribution in [2.24, 2.45) is 0 Å². The summed E-state index contributed by atoms with van der Waals surface area (Å²) < 4.78 is 0. The van der Waals surface area contributed by atoms with Crippen molar-refractivity contribution in [1.82, 2.24) is 10.6 Å². The molecule has 1 fully saturated rings. The Bertz CT molecular complexity index is 385. The lowest BCUT2D eigenvalue weighted by molar-refractivity contribution is -0.122. The summed E-state index contributed by atoms with van der Waals surface area (Å²) in [7, 11) is 0. The zero-order valence-corrected chi connectivity index (χ0v) is 11.6. The maximum atomic E-state index is 11.9. The van der Waals surface area contributed by atoms with E-state index >= 15 is 0 Å². The van der Waals surface area contributed by atoms with Crippen LogP contribution in [0.2, 0.25) is 0 Å². The van der Waals surface area contributed by atoms with Crippen LogP contribution < -0.4 is 10.6 Å². The highest BCUT2D eigenvalue weighted by molar-refractivity contribution is 7.99. The normalized spacial score (nSPS) is 19.5. The first-order valence-corrected chi connectivity index (χ1v) is 7.61. The van der Waals surface area contributed by atoms with Gasteiger partial charge in [-0.2, -0.15) is 11.8 Å². The number of hydrogen-bond donors (Lipinski definition) is 2. The van der Waals surface area contributed by atoms with Crippen LogP contribution in [0.5, 0.6) is 0 Å². The van der Waals surface area contributed by atoms with Gasteiger partial charge in [0.25, 0.3) is 0 Å². The van der Waals surface area contributed by atoms with E-state index in [-0.39, 0.29) is 11.9 Å². The molecule has 0 spiro atoms. The summed E-state index contributed by atoms with van der Waals surface area (Å²) >= 11 is 1.83. The Balaban J connectivity index is 1.80. The fraction of sp³-hybridized carbons (Fsp3) is 0.500. The van der Waals surface area contributed by atoms with E-state index < -0.39 is 0 Å². The number of thioether (sulfide) groups is 1. The lowest BCUT2D eigenvalue weighted by Crippen LogP contribution is -2.48. The monoisotopic (exact) mass is 264 g/mol. The SMILES string of the molecule is CCc1ccc(CNC(=O)C2CSCCN2)cc1. The lowest BCUT2D eigenvalue weighted by Gasteiger charge is -2.22. The fourth-order valence-electron chi connectivity index (χ4n) is 1.94. The van der Waals surface area contributed by atoms with Gasteiger partial charge >= 0.3 is 0 Å². The number of carbonyl (C=O) groups is 1. The first-order valence-electron chi connectivity index (χ1n) is 6.46. The maximum Gasteiger partial charge on any atom is 0.238 e. The Morgan fingerprint density at radius 2 is 2.11 bits per heavy atom. The molecule has 0 aliphatic carbocycles. The highest BCUT2D eigenvalue weighted by atomic mass is 32.2. The van der Waals surface area contributed by atoms with Gasteiger partial charge in [0.05, 0.1) is 6.04 Å². The van der Waals surface area contributed by atoms with Crippen molar-refractivity contribution in [3.05, 3.63) is 35.4 Å². The molecule has 18 heavy (non-hydrogen) atoms. The van der Waals surface area contributed by atoms with E-state index in [1.165, 1.54) is 5.56 Å². The largest absolute Gasteiger partial charge is 0.351 e. The van der Waals surface area contributed by atoms with Crippen molar-refractivity contribution in [1.29, 1.82) is 0 Å². The van der Waals surface area contributed by atoms with Crippen LogP contribution in [0.1, 0.15) is 18.1 Å². The van der Waals surface area contributed by atoms with Gasteiger partial charge in [0, 0.05) is 24.6 Å². The fourth-order valence-corrected chi connectivity index (χ4v) is 2.87. The molecule has 4 heteroatoms. The number of rotatable bonds is 4. The molecule has 98 valence electrons. The Morgan fingerprint density at radius 1 is 1.39 bits per heavy atom. The van der Waals surface area contributed by atoms with Gasteiger partial charge in [0.1, 0.15) is 0 Å². The van der Waals surface area contributed by atoms with Gasteiger partial charge in [0.2, 0.25) is 5.91 Å². The van der Waals surface area contributed by atoms with Crippen LogP contribution in [0, 0.1) is 0 Å². The molecule has 1 saturated heterocycles. The Hall–Kier alpha value is -1.00. The van der Waals surface area contributed by atoms with Gasteiger partial charge in [-0.15, -0.1) is 0 Å². The van der Waals surface area contributed by atoms with Crippen molar-refractivity contribution >= 4 is 17.7 Å². The Kier molecular flexibility index (Phi) is 5.08. The van der Waals surface area contributed by atoms with Crippen molar-refractivity contribution < 1.29 is 4.79 Å². The van der Waals surface area contributed by atoms with Crippen molar-refractivity contribution in [3.8, 4) is 0 Å². The van der Waals surface area contributed by atoms with E-state index in [0.717, 1.165) is 30.0 Å². The molecule has 0 bridgehead atoms. The van der Waals surface area contributed by atoms with Gasteiger partial charge in [-0.25, -0.2) is 0 Å². The second kappa shape index (κ2) is 6.81. The van der Waals surface area contributed by atoms with Gasteiger partial charge in [-0.05, 0) is 17.5 Å². The number of benzene rings is 1. The molecule has 1 amide bonds. The third-order valence-corrected chi connectivity index (χ3v) is 4.20. The molecule has 1 atom stereocenters. The summed E-state index contributed by atoms with van der Waals surface area (Å²) in [5.74, 6) is 2.09. The van der Waals surface area contributed by atoms with Gasteiger partial charge < -0.3 is 10.6 Å². The minimum Gasteiger partial charge on any atom is -0.351 e. The van der Waals surface area contributed by atoms with Gasteiger partial charge in [-0.1, -0.05) is 31.2 Å². The van der Waals surface area contributed by atoms with Gasteiger partial charge in [-0.3, -0.25) is 4.79 Å². The molecular formula is C14H20N2OS. The van der Waals surface area contributed by atoms with Crippen LogP contribution >= 0.6 is 11.8 Å². The van der Waals surface area contributed by atoms with Crippen molar-refractivity contribution in [2.45, 2.75) is 25.9 Å². The predicted molar refractivity (Wildman–Crippen MR) is 76.8 cm³/mol. The molecule has 0 saturated carbocycles. The third-order valence-electron chi connectivity index (χ3n) is 3.14. The van der Waals surface area contributed by atoms with Crippen LogP contribution in [-0.4, -0.2) is 30.0 Å². The molecule has 1 aromatic carbocycles. The summed E-state index contributed by atoms with van der Waals surface area (Å²) in [6, 6.07) is 8.38. The molecule has 1 heterocycles. The second-order valence-corrected chi connectivity index (χ2v) is 5.62. The predicted octanol–water partition coefficient (Wildman–Crippen LogP) is 1.57. The quantitative estimate of drug-likeness (QED) is 0.867. The van der Waals surface area contributed by atoms with E-state index in [1.807, 2.05) is 11.8 Å². The smallest absolute Gasteiger partial charge is 0.238 e. The number of aryl methyl sites for hydroxylation is 1. The molecule has 2 rings (SSSR count). The summed E-state index contributed by atoms with van der Waals surface area (Å²) in [5.41, 5.74) is 2.49. The molecule has 0 radical (unpaired) electrons. The number of hydrogen-bond acceptors (Lipinski definition) is 3. The lowest BCUT2D eigenvalue weighted by atomic mass is 10.1. The summed E-state index contributed by atoms with van der Waals surface area (Å²) in [4.78, 5) is 11.9. The number of carbonyl (C=O) groups excluding carboxylic acids is 1. The average Bonchev–Trinajstić information content (AvgIpc) is 2.46. The highest BCUT2D eigenvalue weighted by Gasteiger charge is 2.20. The average molecular weight is 264 g/mol. The number of amides is 1. The first-order chi connectivity index (χ1) is 8.79. The minimum atomic E-state index is -0.0290. The van der Waals surface area contributed by atoms with Crippen LogP contribution in [0.25, 0.3) is 0 Å². The van der Waals surface area contributed by atoms with Crippen LogP contribution in [0.15, 0.2) is 24.3 Å². The number of nitrogens with one attached hydrogen (secondary N) is 2. The molecule has 1 aromatic rings. The summed E-state index contributed by atoms with van der Waals surface area (Å²) in [5, 5.41) is 6.23. The standard InChI is InChI=1S/C14H20N2OS/c1-2-11-3-5-12(6-4-11)9-16-14(17)13-10-18-8-7-15-13/h3-6,13,15H,2,7-10H2,1H3,(H,16,17). The molecule has 1 unspecified atom stereocenters. The summed E-state index contributed by atoms with van der Waals surface area (Å²) in [6.45, 7) is 3.68.